The number of nitrogens with zero attached hydrogens (tertiary/aromatic N) is 2. The predicted octanol–water partition coefficient (Wildman–Crippen LogP) is 4.01. The summed E-state index contributed by atoms with van der Waals surface area (Å²) < 4.78 is 5.35. The first-order chi connectivity index (χ1) is 10.0. The molecule has 2 rings (SSSR count). The van der Waals surface area contributed by atoms with Gasteiger partial charge in [-0.3, -0.25) is 4.79 Å². The first kappa shape index (κ1) is 15.8. The van der Waals surface area contributed by atoms with Gasteiger partial charge in [-0.15, -0.1) is 11.3 Å². The molecule has 0 fully saturated rings. The van der Waals surface area contributed by atoms with E-state index in [1.54, 1.807) is 30.5 Å². The summed E-state index contributed by atoms with van der Waals surface area (Å²) in [6.45, 7) is 1.51. The minimum Gasteiger partial charge on any atom is -0.483 e. The maximum atomic E-state index is 12.1. The molecule has 4 nitrogen and oxygen atoms in total. The number of benzene rings is 1. The van der Waals surface area contributed by atoms with Crippen LogP contribution in [0.2, 0.25) is 10.0 Å². The number of aryl methyl sites for hydroxylation is 1. The maximum absolute atomic E-state index is 12.1. The number of ketones is 1. The number of halogens is 2. The van der Waals surface area contributed by atoms with Gasteiger partial charge in [-0.2, -0.15) is 5.26 Å². The summed E-state index contributed by atoms with van der Waals surface area (Å²) >= 11 is 13.2. The Balaban J connectivity index is 2.09. The standard InChI is InChI=1S/C14H10Cl2N2O2S/c1-8-7-21-14(18-8)9(5-17)12(19)6-20-13-10(15)3-2-4-11(13)16/h2-4,7,9H,6H2,1H3. The maximum Gasteiger partial charge on any atom is 0.194 e. The third-order valence-electron chi connectivity index (χ3n) is 2.61. The van der Waals surface area contributed by atoms with Gasteiger partial charge in [0.2, 0.25) is 0 Å². The highest BCUT2D eigenvalue weighted by Crippen LogP contribution is 2.32. The molecule has 0 saturated heterocycles. The molecule has 7 heteroatoms. The van der Waals surface area contributed by atoms with Crippen LogP contribution in [0.3, 0.4) is 0 Å². The smallest absolute Gasteiger partial charge is 0.194 e. The minimum absolute atomic E-state index is 0.237. The lowest BCUT2D eigenvalue weighted by Gasteiger charge is -2.10. The fraction of sp³-hybridized carbons (Fsp3) is 0.214. The van der Waals surface area contributed by atoms with Crippen LogP contribution in [0.4, 0.5) is 0 Å². The van der Waals surface area contributed by atoms with Gasteiger partial charge in [-0.1, -0.05) is 29.3 Å². The van der Waals surface area contributed by atoms with Gasteiger partial charge < -0.3 is 4.74 Å². The van der Waals surface area contributed by atoms with Crippen LogP contribution in [0.15, 0.2) is 23.6 Å². The molecule has 1 atom stereocenters. The van der Waals surface area contributed by atoms with Crippen molar-refractivity contribution in [3.8, 4) is 11.8 Å². The molecule has 1 heterocycles. The lowest BCUT2D eigenvalue weighted by atomic mass is 10.1. The zero-order chi connectivity index (χ0) is 15.4. The second-order valence-corrected chi connectivity index (χ2v) is 5.90. The predicted molar refractivity (Wildman–Crippen MR) is 82.2 cm³/mol. The summed E-state index contributed by atoms with van der Waals surface area (Å²) in [5.41, 5.74) is 0.776. The van der Waals surface area contributed by atoms with E-state index in [9.17, 15) is 4.79 Å². The Hall–Kier alpha value is -1.61. The molecule has 21 heavy (non-hydrogen) atoms. The highest BCUT2D eigenvalue weighted by molar-refractivity contribution is 7.09. The number of nitriles is 1. The first-order valence-electron chi connectivity index (χ1n) is 5.94. The van der Waals surface area contributed by atoms with Crippen molar-refractivity contribution >= 4 is 40.3 Å². The minimum atomic E-state index is -0.940. The van der Waals surface area contributed by atoms with E-state index in [-0.39, 0.29) is 18.1 Å². The number of ether oxygens (including phenoxy) is 1. The topological polar surface area (TPSA) is 63.0 Å². The quantitative estimate of drug-likeness (QED) is 0.824. The van der Waals surface area contributed by atoms with Gasteiger partial charge >= 0.3 is 0 Å². The van der Waals surface area contributed by atoms with Crippen molar-refractivity contribution in [2.24, 2.45) is 0 Å². The van der Waals surface area contributed by atoms with Crippen molar-refractivity contribution in [1.29, 1.82) is 5.26 Å². The van der Waals surface area contributed by atoms with Gasteiger partial charge in [-0.25, -0.2) is 4.98 Å². The SMILES string of the molecule is Cc1csc(C(C#N)C(=O)COc2c(Cl)cccc2Cl)n1. The van der Waals surface area contributed by atoms with Crippen LogP contribution in [-0.4, -0.2) is 17.4 Å². The van der Waals surface area contributed by atoms with Crippen LogP contribution < -0.4 is 4.74 Å². The molecule has 0 aliphatic carbocycles. The third-order valence-corrected chi connectivity index (χ3v) is 4.24. The van der Waals surface area contributed by atoms with E-state index < -0.39 is 5.92 Å². The van der Waals surface area contributed by atoms with Crippen molar-refractivity contribution in [2.75, 3.05) is 6.61 Å². The fourth-order valence-electron chi connectivity index (χ4n) is 1.62. The molecule has 0 radical (unpaired) electrons. The fourth-order valence-corrected chi connectivity index (χ4v) is 2.98. The van der Waals surface area contributed by atoms with Crippen LogP contribution in [0.5, 0.6) is 5.75 Å². The number of carbonyl (C=O) groups excluding carboxylic acids is 1. The zero-order valence-electron chi connectivity index (χ0n) is 11.0. The van der Waals surface area contributed by atoms with Crippen molar-refractivity contribution in [3.63, 3.8) is 0 Å². The van der Waals surface area contributed by atoms with Crippen LogP contribution in [0, 0.1) is 18.3 Å². The molecule has 2 aromatic rings. The lowest BCUT2D eigenvalue weighted by Crippen LogP contribution is -2.19. The molecule has 0 bridgehead atoms. The molecule has 1 unspecified atom stereocenters. The Kier molecular flexibility index (Phi) is 5.18. The number of hydrogen-bond acceptors (Lipinski definition) is 5. The highest BCUT2D eigenvalue weighted by atomic mass is 35.5. The normalized spacial score (nSPS) is 11.7. The summed E-state index contributed by atoms with van der Waals surface area (Å²) in [7, 11) is 0. The lowest BCUT2D eigenvalue weighted by molar-refractivity contribution is -0.121. The number of rotatable bonds is 5. The number of thiazole rings is 1. The molecular formula is C14H10Cl2N2O2S. The Morgan fingerprint density at radius 1 is 1.48 bits per heavy atom. The Bertz CT molecular complexity index is 689. The zero-order valence-corrected chi connectivity index (χ0v) is 13.3. The van der Waals surface area contributed by atoms with E-state index >= 15 is 0 Å². The Morgan fingerprint density at radius 3 is 2.67 bits per heavy atom. The van der Waals surface area contributed by atoms with Crippen molar-refractivity contribution in [1.82, 2.24) is 4.98 Å². The van der Waals surface area contributed by atoms with Gasteiger partial charge in [0, 0.05) is 11.1 Å². The average Bonchev–Trinajstić information content (AvgIpc) is 2.85. The monoisotopic (exact) mass is 340 g/mol. The van der Waals surface area contributed by atoms with Gasteiger partial charge in [0.1, 0.15) is 11.6 Å². The second kappa shape index (κ2) is 6.90. The Labute approximate surface area is 135 Å². The molecule has 1 aromatic heterocycles. The molecule has 0 spiro atoms. The molecule has 0 N–H and O–H groups in total. The van der Waals surface area contributed by atoms with Gasteiger partial charge in [0.15, 0.2) is 17.5 Å². The number of para-hydroxylation sites is 1. The third kappa shape index (κ3) is 3.73. The summed E-state index contributed by atoms with van der Waals surface area (Å²) in [6, 6.07) is 6.85. The number of Topliss-reactive ketones (excluding diaryl/α,β-unsaturated/α-hetero) is 1. The number of carbonyl (C=O) groups is 1. The second-order valence-electron chi connectivity index (χ2n) is 4.20. The van der Waals surface area contributed by atoms with Crippen molar-refractivity contribution in [2.45, 2.75) is 12.8 Å². The van der Waals surface area contributed by atoms with E-state index in [2.05, 4.69) is 4.98 Å². The molecule has 108 valence electrons. The summed E-state index contributed by atoms with van der Waals surface area (Å²) in [4.78, 5) is 16.3. The van der Waals surface area contributed by atoms with Crippen molar-refractivity contribution in [3.05, 3.63) is 44.3 Å². The van der Waals surface area contributed by atoms with Gasteiger partial charge in [-0.05, 0) is 19.1 Å². The Morgan fingerprint density at radius 2 is 2.14 bits per heavy atom. The van der Waals surface area contributed by atoms with Gasteiger partial charge in [0.05, 0.1) is 16.1 Å². The first-order valence-corrected chi connectivity index (χ1v) is 7.57. The van der Waals surface area contributed by atoms with E-state index in [1.165, 1.54) is 11.3 Å². The van der Waals surface area contributed by atoms with Crippen LogP contribution >= 0.6 is 34.5 Å². The molecule has 0 saturated carbocycles. The summed E-state index contributed by atoms with van der Waals surface area (Å²) in [5.74, 6) is -1.09. The summed E-state index contributed by atoms with van der Waals surface area (Å²) in [5, 5.41) is 12.0. The molecule has 0 aliphatic rings. The van der Waals surface area contributed by atoms with E-state index in [0.717, 1.165) is 5.69 Å². The van der Waals surface area contributed by atoms with Crippen LogP contribution in [-0.2, 0) is 4.79 Å². The summed E-state index contributed by atoms with van der Waals surface area (Å²) in [6.07, 6.45) is 0. The largest absolute Gasteiger partial charge is 0.483 e. The number of hydrogen-bond donors (Lipinski definition) is 0. The van der Waals surface area contributed by atoms with E-state index in [1.807, 2.05) is 6.07 Å². The average molecular weight is 341 g/mol. The van der Waals surface area contributed by atoms with Crippen LogP contribution in [0.25, 0.3) is 0 Å². The van der Waals surface area contributed by atoms with Crippen molar-refractivity contribution < 1.29 is 9.53 Å². The molecule has 0 amide bonds. The highest BCUT2D eigenvalue weighted by Gasteiger charge is 2.24. The molecule has 1 aromatic carbocycles. The number of aromatic nitrogens is 1. The van der Waals surface area contributed by atoms with E-state index in [4.69, 9.17) is 33.2 Å². The van der Waals surface area contributed by atoms with E-state index in [0.29, 0.717) is 15.1 Å². The molecular weight excluding hydrogens is 331 g/mol. The van der Waals surface area contributed by atoms with Crippen LogP contribution in [0.1, 0.15) is 16.6 Å². The van der Waals surface area contributed by atoms with Gasteiger partial charge in [0.25, 0.3) is 0 Å². The molecule has 0 aliphatic heterocycles.